The van der Waals surface area contributed by atoms with Gasteiger partial charge in [-0.15, -0.1) is 0 Å². The van der Waals surface area contributed by atoms with E-state index in [1.807, 2.05) is 18.0 Å². The Balaban J connectivity index is 1.68. The average Bonchev–Trinajstić information content (AvgIpc) is 3.30. The molecule has 1 aliphatic heterocycles. The molecule has 1 heterocycles. The lowest BCUT2D eigenvalue weighted by Gasteiger charge is -2.30. The van der Waals surface area contributed by atoms with E-state index in [2.05, 4.69) is 4.90 Å². The summed E-state index contributed by atoms with van der Waals surface area (Å²) in [5.74, 6) is -0.708. The highest BCUT2D eigenvalue weighted by molar-refractivity contribution is 5.90. The lowest BCUT2D eigenvalue weighted by atomic mass is 9.94. The molecule has 0 spiro atoms. The van der Waals surface area contributed by atoms with Gasteiger partial charge in [0.25, 0.3) is 0 Å². The van der Waals surface area contributed by atoms with Crippen LogP contribution in [-0.2, 0) is 17.8 Å². The van der Waals surface area contributed by atoms with Crippen molar-refractivity contribution >= 4 is 11.9 Å². The predicted molar refractivity (Wildman–Crippen MR) is 78.2 cm³/mol. The molecule has 1 aromatic carbocycles. The van der Waals surface area contributed by atoms with Crippen molar-refractivity contribution in [2.24, 2.45) is 0 Å². The Hall–Kier alpha value is -1.88. The predicted octanol–water partition coefficient (Wildman–Crippen LogP) is 1.36. The fraction of sp³-hybridized carbons (Fsp3) is 0.500. The number of carbonyl (C=O) groups excluding carboxylic acids is 1. The number of benzene rings is 1. The van der Waals surface area contributed by atoms with E-state index in [0.29, 0.717) is 31.1 Å². The number of hydrogen-bond donors (Lipinski definition) is 1. The molecule has 21 heavy (non-hydrogen) atoms. The molecule has 0 bridgehead atoms. The summed E-state index contributed by atoms with van der Waals surface area (Å²) in [4.78, 5) is 27.4. The Morgan fingerprint density at radius 3 is 2.81 bits per heavy atom. The van der Waals surface area contributed by atoms with E-state index >= 15 is 0 Å². The average molecular weight is 288 g/mol. The van der Waals surface area contributed by atoms with Crippen LogP contribution in [0.1, 0.15) is 34.3 Å². The third-order valence-electron chi connectivity index (χ3n) is 4.42. The molecule has 1 fully saturated rings. The van der Waals surface area contributed by atoms with E-state index in [4.69, 9.17) is 0 Å². The number of carbonyl (C=O) groups is 2. The van der Waals surface area contributed by atoms with Crippen molar-refractivity contribution in [3.8, 4) is 0 Å². The molecule has 0 unspecified atom stereocenters. The fourth-order valence-electron chi connectivity index (χ4n) is 2.97. The van der Waals surface area contributed by atoms with Crippen molar-refractivity contribution < 1.29 is 14.7 Å². The van der Waals surface area contributed by atoms with Gasteiger partial charge in [-0.1, -0.05) is 12.1 Å². The molecule has 1 aromatic rings. The zero-order valence-corrected chi connectivity index (χ0v) is 12.2. The van der Waals surface area contributed by atoms with Gasteiger partial charge in [0.15, 0.2) is 0 Å². The van der Waals surface area contributed by atoms with Crippen LogP contribution < -0.4 is 0 Å². The quantitative estimate of drug-likeness (QED) is 0.909. The highest BCUT2D eigenvalue weighted by Gasteiger charge is 2.31. The topological polar surface area (TPSA) is 60.9 Å². The van der Waals surface area contributed by atoms with Gasteiger partial charge in [0.2, 0.25) is 5.91 Å². The van der Waals surface area contributed by atoms with Gasteiger partial charge < -0.3 is 10.0 Å². The molecule has 5 heteroatoms. The number of fused-ring (bicyclic) bond motifs is 1. The molecule has 5 nitrogen and oxygen atoms in total. The van der Waals surface area contributed by atoms with E-state index in [-0.39, 0.29) is 5.91 Å². The summed E-state index contributed by atoms with van der Waals surface area (Å²) in [5, 5.41) is 9.22. The summed E-state index contributed by atoms with van der Waals surface area (Å²) in [6.45, 7) is 1.81. The standard InChI is InChI=1S/C16H20N2O3/c1-17(12-5-6-12)15(19)10-18-8-7-13-11(9-18)3-2-4-14(13)16(20)21/h2-4,12H,5-10H2,1H3,(H,20,21). The Labute approximate surface area is 124 Å². The van der Waals surface area contributed by atoms with Crippen molar-refractivity contribution in [2.75, 3.05) is 20.1 Å². The van der Waals surface area contributed by atoms with Crippen LogP contribution in [0.5, 0.6) is 0 Å². The first-order valence-corrected chi connectivity index (χ1v) is 7.38. The number of rotatable bonds is 4. The maximum Gasteiger partial charge on any atom is 0.335 e. The summed E-state index contributed by atoms with van der Waals surface area (Å²) >= 11 is 0. The minimum Gasteiger partial charge on any atom is -0.478 e. The molecular weight excluding hydrogens is 268 g/mol. The van der Waals surface area contributed by atoms with Crippen LogP contribution in [0.4, 0.5) is 0 Å². The number of aromatic carboxylic acids is 1. The van der Waals surface area contributed by atoms with Gasteiger partial charge in [-0.3, -0.25) is 9.69 Å². The lowest BCUT2D eigenvalue weighted by molar-refractivity contribution is -0.131. The second-order valence-electron chi connectivity index (χ2n) is 5.94. The molecule has 1 amide bonds. The van der Waals surface area contributed by atoms with Crippen molar-refractivity contribution in [3.05, 3.63) is 34.9 Å². The summed E-state index contributed by atoms with van der Waals surface area (Å²) in [7, 11) is 1.88. The number of hydrogen-bond acceptors (Lipinski definition) is 3. The van der Waals surface area contributed by atoms with Crippen molar-refractivity contribution in [3.63, 3.8) is 0 Å². The number of likely N-dealkylation sites (N-methyl/N-ethyl adjacent to an activating group) is 1. The minimum atomic E-state index is -0.871. The smallest absolute Gasteiger partial charge is 0.335 e. The van der Waals surface area contributed by atoms with E-state index in [1.165, 1.54) is 0 Å². The lowest BCUT2D eigenvalue weighted by Crippen LogP contribution is -2.41. The molecule has 112 valence electrons. The highest BCUT2D eigenvalue weighted by Crippen LogP contribution is 2.26. The highest BCUT2D eigenvalue weighted by atomic mass is 16.4. The largest absolute Gasteiger partial charge is 0.478 e. The van der Waals surface area contributed by atoms with Gasteiger partial charge in [0.05, 0.1) is 12.1 Å². The van der Waals surface area contributed by atoms with Crippen LogP contribution in [0.3, 0.4) is 0 Å². The van der Waals surface area contributed by atoms with E-state index in [9.17, 15) is 14.7 Å². The number of carboxylic acid groups (broad SMARTS) is 1. The Bertz CT molecular complexity index is 581. The number of amides is 1. The SMILES string of the molecule is CN(C(=O)CN1CCc2c(cccc2C(=O)O)C1)C1CC1. The monoisotopic (exact) mass is 288 g/mol. The van der Waals surface area contributed by atoms with Crippen LogP contribution >= 0.6 is 0 Å². The van der Waals surface area contributed by atoms with Gasteiger partial charge in [-0.25, -0.2) is 4.79 Å². The van der Waals surface area contributed by atoms with Crippen molar-refractivity contribution in [1.82, 2.24) is 9.80 Å². The maximum atomic E-state index is 12.2. The third kappa shape index (κ3) is 2.93. The summed E-state index contributed by atoms with van der Waals surface area (Å²) in [6.07, 6.45) is 2.93. The molecule has 0 saturated heterocycles. The maximum absolute atomic E-state index is 12.2. The normalized spacial score (nSPS) is 18.1. The van der Waals surface area contributed by atoms with Crippen LogP contribution in [0.2, 0.25) is 0 Å². The zero-order valence-electron chi connectivity index (χ0n) is 12.2. The van der Waals surface area contributed by atoms with Gasteiger partial charge >= 0.3 is 5.97 Å². The molecule has 0 aromatic heterocycles. The molecule has 1 N–H and O–H groups in total. The van der Waals surface area contributed by atoms with Gasteiger partial charge in [-0.2, -0.15) is 0 Å². The van der Waals surface area contributed by atoms with E-state index < -0.39 is 5.97 Å². The van der Waals surface area contributed by atoms with Crippen LogP contribution in [0.15, 0.2) is 18.2 Å². The Kier molecular flexibility index (Phi) is 3.68. The van der Waals surface area contributed by atoms with Crippen LogP contribution in [-0.4, -0.2) is 53.0 Å². The first-order valence-electron chi connectivity index (χ1n) is 7.38. The van der Waals surface area contributed by atoms with Gasteiger partial charge in [0, 0.05) is 26.2 Å². The first-order chi connectivity index (χ1) is 10.1. The molecular formula is C16H20N2O3. The summed E-state index contributed by atoms with van der Waals surface area (Å²) < 4.78 is 0. The van der Waals surface area contributed by atoms with Gasteiger partial charge in [0.1, 0.15) is 0 Å². The first kappa shape index (κ1) is 14.1. The Morgan fingerprint density at radius 1 is 1.38 bits per heavy atom. The fourth-order valence-corrected chi connectivity index (χ4v) is 2.97. The minimum absolute atomic E-state index is 0.162. The van der Waals surface area contributed by atoms with Crippen LogP contribution in [0.25, 0.3) is 0 Å². The molecule has 2 aliphatic rings. The number of nitrogens with zero attached hydrogens (tertiary/aromatic N) is 2. The second kappa shape index (κ2) is 5.48. The van der Waals surface area contributed by atoms with Crippen LogP contribution in [0, 0.1) is 0 Å². The van der Waals surface area contributed by atoms with Gasteiger partial charge in [-0.05, 0) is 36.5 Å². The Morgan fingerprint density at radius 2 is 2.14 bits per heavy atom. The molecule has 1 saturated carbocycles. The zero-order chi connectivity index (χ0) is 15.0. The van der Waals surface area contributed by atoms with Crippen molar-refractivity contribution in [2.45, 2.75) is 31.8 Å². The molecule has 0 radical (unpaired) electrons. The summed E-state index contributed by atoms with van der Waals surface area (Å²) in [6, 6.07) is 5.84. The molecule has 3 rings (SSSR count). The molecule has 1 aliphatic carbocycles. The van der Waals surface area contributed by atoms with E-state index in [0.717, 1.165) is 30.5 Å². The van der Waals surface area contributed by atoms with Crippen molar-refractivity contribution in [1.29, 1.82) is 0 Å². The second-order valence-corrected chi connectivity index (χ2v) is 5.94. The molecule has 0 atom stereocenters. The van der Waals surface area contributed by atoms with E-state index in [1.54, 1.807) is 12.1 Å². The number of carboxylic acids is 1. The third-order valence-corrected chi connectivity index (χ3v) is 4.42. The summed E-state index contributed by atoms with van der Waals surface area (Å²) in [5.41, 5.74) is 2.35.